The molecule has 1 rings (SSSR count). The van der Waals surface area contributed by atoms with Crippen molar-refractivity contribution in [3.63, 3.8) is 0 Å². The lowest BCUT2D eigenvalue weighted by molar-refractivity contribution is 0.191. The molecule has 0 fully saturated rings. The van der Waals surface area contributed by atoms with Gasteiger partial charge in [-0.2, -0.15) is 0 Å². The first-order chi connectivity index (χ1) is 11.1. The van der Waals surface area contributed by atoms with Crippen LogP contribution in [-0.2, 0) is 4.43 Å². The van der Waals surface area contributed by atoms with E-state index in [4.69, 9.17) is 9.16 Å². The molecular weight excluding hydrogens is 346 g/mol. The molecule has 0 saturated heterocycles. The second kappa shape index (κ2) is 7.37. The van der Waals surface area contributed by atoms with Gasteiger partial charge in [-0.05, 0) is 51.7 Å². The maximum absolute atomic E-state index is 12.3. The van der Waals surface area contributed by atoms with Crippen LogP contribution >= 0.6 is 0 Å². The Balaban J connectivity index is 3.29. The van der Waals surface area contributed by atoms with Gasteiger partial charge < -0.3 is 14.5 Å². The van der Waals surface area contributed by atoms with Gasteiger partial charge in [0.25, 0.3) is 0 Å². The molecule has 0 aliphatic heterocycles. The fraction of sp³-hybridized carbons (Fsp3) is 0.526. The van der Waals surface area contributed by atoms with Gasteiger partial charge in [0.1, 0.15) is 11.5 Å². The number of rotatable bonds is 5. The van der Waals surface area contributed by atoms with Crippen LogP contribution in [-0.4, -0.2) is 28.0 Å². The van der Waals surface area contributed by atoms with Gasteiger partial charge in [0, 0.05) is 11.1 Å². The second-order valence-corrected chi connectivity index (χ2v) is 18.8. The van der Waals surface area contributed by atoms with Crippen molar-refractivity contribution in [1.29, 1.82) is 0 Å². The van der Waals surface area contributed by atoms with Crippen molar-refractivity contribution in [2.45, 2.75) is 65.6 Å². The molecule has 1 aromatic carbocycles. The Bertz CT molecular complexity index is 650. The Morgan fingerprint density at radius 2 is 1.64 bits per heavy atom. The van der Waals surface area contributed by atoms with Gasteiger partial charge in [0.15, 0.2) is 0 Å². The van der Waals surface area contributed by atoms with E-state index in [2.05, 4.69) is 51.2 Å². The van der Waals surface area contributed by atoms with Crippen LogP contribution < -0.4 is 15.2 Å². The van der Waals surface area contributed by atoms with Crippen LogP contribution in [0.2, 0.25) is 39.3 Å². The number of hydrogen-bond donors (Lipinski definition) is 1. The monoisotopic (exact) mass is 379 g/mol. The van der Waals surface area contributed by atoms with E-state index in [1.165, 1.54) is 0 Å². The van der Waals surface area contributed by atoms with Gasteiger partial charge >= 0.3 is 6.09 Å². The SMILES string of the molecule is C=C(O[Si](C)(C)C)c1cccc(OC(=O)NC(C)(C)C)c1[Si](C)(C)C. The minimum absolute atomic E-state index is 0.349. The molecule has 0 atom stereocenters. The third-order valence-electron chi connectivity index (χ3n) is 3.19. The average molecular weight is 380 g/mol. The molecule has 0 aromatic heterocycles. The van der Waals surface area contributed by atoms with Crippen LogP contribution in [0.1, 0.15) is 26.3 Å². The van der Waals surface area contributed by atoms with Crippen molar-refractivity contribution >= 4 is 33.4 Å². The van der Waals surface area contributed by atoms with E-state index in [1.54, 1.807) is 0 Å². The summed E-state index contributed by atoms with van der Waals surface area (Å²) < 4.78 is 11.8. The van der Waals surface area contributed by atoms with E-state index in [1.807, 2.05) is 39.0 Å². The molecule has 0 aliphatic carbocycles. The summed E-state index contributed by atoms with van der Waals surface area (Å²) >= 11 is 0. The van der Waals surface area contributed by atoms with E-state index < -0.39 is 22.5 Å². The Morgan fingerprint density at radius 1 is 1.08 bits per heavy atom. The molecule has 6 heteroatoms. The van der Waals surface area contributed by atoms with Crippen LogP contribution in [0.3, 0.4) is 0 Å². The predicted molar refractivity (Wildman–Crippen MR) is 112 cm³/mol. The van der Waals surface area contributed by atoms with Gasteiger partial charge in [-0.15, -0.1) is 0 Å². The Morgan fingerprint density at radius 3 is 2.08 bits per heavy atom. The average Bonchev–Trinajstić information content (AvgIpc) is 2.32. The first kappa shape index (κ1) is 21.5. The summed E-state index contributed by atoms with van der Waals surface area (Å²) in [6, 6.07) is 5.74. The van der Waals surface area contributed by atoms with Gasteiger partial charge in [0.05, 0.1) is 8.07 Å². The van der Waals surface area contributed by atoms with Gasteiger partial charge in [-0.25, -0.2) is 4.79 Å². The van der Waals surface area contributed by atoms with Crippen LogP contribution in [0.25, 0.3) is 5.76 Å². The quantitative estimate of drug-likeness (QED) is 0.582. The molecule has 1 aromatic rings. The first-order valence-corrected chi connectivity index (χ1v) is 15.5. The maximum Gasteiger partial charge on any atom is 0.413 e. The molecule has 140 valence electrons. The van der Waals surface area contributed by atoms with Crippen LogP contribution in [0.5, 0.6) is 5.75 Å². The molecule has 0 radical (unpaired) electrons. The lowest BCUT2D eigenvalue weighted by Gasteiger charge is -2.28. The lowest BCUT2D eigenvalue weighted by atomic mass is 10.1. The summed E-state index contributed by atoms with van der Waals surface area (Å²) in [5.41, 5.74) is 0.598. The molecule has 0 bridgehead atoms. The van der Waals surface area contributed by atoms with E-state index in [0.29, 0.717) is 11.5 Å². The second-order valence-electron chi connectivity index (χ2n) is 9.33. The van der Waals surface area contributed by atoms with Crippen LogP contribution in [0.4, 0.5) is 4.79 Å². The highest BCUT2D eigenvalue weighted by Gasteiger charge is 2.29. The Labute approximate surface area is 154 Å². The summed E-state index contributed by atoms with van der Waals surface area (Å²) in [5.74, 6) is 1.26. The predicted octanol–water partition coefficient (Wildman–Crippen LogP) is 4.94. The zero-order valence-electron chi connectivity index (χ0n) is 17.2. The van der Waals surface area contributed by atoms with Crippen LogP contribution in [0, 0.1) is 0 Å². The Hall–Kier alpha value is -1.54. The molecule has 0 unspecified atom stereocenters. The molecule has 0 heterocycles. The van der Waals surface area contributed by atoms with E-state index in [0.717, 1.165) is 10.8 Å². The maximum atomic E-state index is 12.3. The molecule has 1 amide bonds. The zero-order chi connectivity index (χ0) is 19.6. The highest BCUT2D eigenvalue weighted by Crippen LogP contribution is 2.25. The van der Waals surface area contributed by atoms with Crippen molar-refractivity contribution in [2.75, 3.05) is 0 Å². The van der Waals surface area contributed by atoms with Gasteiger partial charge in [0.2, 0.25) is 8.32 Å². The van der Waals surface area contributed by atoms with Gasteiger partial charge in [-0.1, -0.05) is 38.4 Å². The third kappa shape index (κ3) is 7.08. The first-order valence-electron chi connectivity index (χ1n) is 8.62. The summed E-state index contributed by atoms with van der Waals surface area (Å²) in [6.07, 6.45) is -0.444. The third-order valence-corrected chi connectivity index (χ3v) is 6.06. The summed E-state index contributed by atoms with van der Waals surface area (Å²) in [6.45, 7) is 23.0. The van der Waals surface area contributed by atoms with Crippen molar-refractivity contribution in [1.82, 2.24) is 5.32 Å². The minimum Gasteiger partial charge on any atom is -0.544 e. The Kier molecular flexibility index (Phi) is 6.34. The molecular formula is C19H33NO3Si2. The lowest BCUT2D eigenvalue weighted by Crippen LogP contribution is -2.45. The highest BCUT2D eigenvalue weighted by molar-refractivity contribution is 6.90. The largest absolute Gasteiger partial charge is 0.544 e. The number of hydrogen-bond acceptors (Lipinski definition) is 3. The van der Waals surface area contributed by atoms with E-state index in [9.17, 15) is 4.79 Å². The van der Waals surface area contributed by atoms with Crippen LogP contribution in [0.15, 0.2) is 24.8 Å². The fourth-order valence-corrected chi connectivity index (χ4v) is 5.23. The highest BCUT2D eigenvalue weighted by atomic mass is 28.4. The van der Waals surface area contributed by atoms with E-state index >= 15 is 0 Å². The molecule has 1 N–H and O–H groups in total. The number of benzene rings is 1. The number of ether oxygens (including phenoxy) is 1. The molecule has 0 aliphatic rings. The van der Waals surface area contributed by atoms with Crippen molar-refractivity contribution in [2.24, 2.45) is 0 Å². The fourth-order valence-electron chi connectivity index (χ4n) is 2.48. The standard InChI is InChI=1S/C19H33NO3Si2/c1-14(23-25(8,9)10)15-12-11-13-16(17(15)24(5,6)7)22-18(21)20-19(2,3)4/h11-13H,1H2,2-10H3,(H,20,21). The van der Waals surface area contributed by atoms with Gasteiger partial charge in [-0.3, -0.25) is 0 Å². The molecule has 0 spiro atoms. The summed E-state index contributed by atoms with van der Waals surface area (Å²) in [4.78, 5) is 12.3. The van der Waals surface area contributed by atoms with E-state index in [-0.39, 0.29) is 5.54 Å². The number of nitrogens with one attached hydrogen (secondary N) is 1. The normalized spacial score (nSPS) is 12.5. The number of carbonyl (C=O) groups excluding carboxylic acids is 1. The molecule has 4 nitrogen and oxygen atoms in total. The van der Waals surface area contributed by atoms with Crippen molar-refractivity contribution in [3.8, 4) is 5.75 Å². The smallest absolute Gasteiger partial charge is 0.413 e. The number of carbonyl (C=O) groups is 1. The summed E-state index contributed by atoms with van der Waals surface area (Å²) in [5, 5.41) is 3.90. The zero-order valence-corrected chi connectivity index (χ0v) is 19.2. The molecule has 25 heavy (non-hydrogen) atoms. The van der Waals surface area contributed by atoms with Crippen molar-refractivity contribution in [3.05, 3.63) is 30.3 Å². The van der Waals surface area contributed by atoms with Crippen molar-refractivity contribution < 1.29 is 14.0 Å². The summed E-state index contributed by atoms with van der Waals surface area (Å²) in [7, 11) is -3.59. The minimum atomic E-state index is -1.82. The number of amides is 1. The molecule has 0 saturated carbocycles. The topological polar surface area (TPSA) is 47.6 Å².